The minimum absolute atomic E-state index is 0.0900. The Morgan fingerprint density at radius 3 is 2.80 bits per heavy atom. The fraction of sp³-hybridized carbons (Fsp3) is 0.467. The van der Waals surface area contributed by atoms with Crippen molar-refractivity contribution in [1.29, 1.82) is 0 Å². The molecule has 0 aliphatic carbocycles. The number of aromatic carboxylic acids is 1. The second-order valence-corrected chi connectivity index (χ2v) is 5.02. The summed E-state index contributed by atoms with van der Waals surface area (Å²) in [7, 11) is 0. The van der Waals surface area contributed by atoms with Gasteiger partial charge in [-0.1, -0.05) is 26.7 Å². The number of unbranched alkanes of at least 4 members (excludes halogenated alkanes) is 1. The second-order valence-electron chi connectivity index (χ2n) is 5.02. The third-order valence-electron chi connectivity index (χ3n) is 3.59. The lowest BCUT2D eigenvalue weighted by atomic mass is 9.99. The number of fused-ring (bicyclic) bond motifs is 1. The number of imidazole rings is 1. The minimum Gasteiger partial charge on any atom is -0.478 e. The lowest BCUT2D eigenvalue weighted by Gasteiger charge is -2.10. The molecule has 1 unspecified atom stereocenters. The van der Waals surface area contributed by atoms with E-state index in [4.69, 9.17) is 5.11 Å². The maximum Gasteiger partial charge on any atom is 0.338 e. The molecule has 0 fully saturated rings. The average Bonchev–Trinajstić information content (AvgIpc) is 2.81. The van der Waals surface area contributed by atoms with Gasteiger partial charge in [-0.2, -0.15) is 0 Å². The van der Waals surface area contributed by atoms with Crippen molar-refractivity contribution in [2.75, 3.05) is 0 Å². The van der Waals surface area contributed by atoms with E-state index in [-0.39, 0.29) is 11.5 Å². The van der Waals surface area contributed by atoms with Gasteiger partial charge in [0, 0.05) is 5.92 Å². The van der Waals surface area contributed by atoms with Crippen LogP contribution in [0.3, 0.4) is 0 Å². The van der Waals surface area contributed by atoms with E-state index in [0.29, 0.717) is 11.0 Å². The third-order valence-corrected chi connectivity index (χ3v) is 3.59. The number of carbonyl (C=O) groups is 1. The van der Waals surface area contributed by atoms with Crippen LogP contribution in [0, 0.1) is 5.82 Å². The number of carboxylic acid groups (broad SMARTS) is 1. The Labute approximate surface area is 117 Å². The average molecular weight is 278 g/mol. The van der Waals surface area contributed by atoms with E-state index in [0.717, 1.165) is 37.6 Å². The number of aromatic nitrogens is 2. The van der Waals surface area contributed by atoms with E-state index in [1.807, 2.05) is 0 Å². The number of hydrogen-bond acceptors (Lipinski definition) is 2. The largest absolute Gasteiger partial charge is 0.478 e. The molecule has 108 valence electrons. The molecule has 1 aromatic heterocycles. The van der Waals surface area contributed by atoms with E-state index in [9.17, 15) is 9.18 Å². The van der Waals surface area contributed by atoms with Gasteiger partial charge >= 0.3 is 5.97 Å². The van der Waals surface area contributed by atoms with Gasteiger partial charge in [0.15, 0.2) is 0 Å². The molecule has 0 spiro atoms. The van der Waals surface area contributed by atoms with Crippen LogP contribution in [0.25, 0.3) is 11.0 Å². The zero-order chi connectivity index (χ0) is 14.7. The van der Waals surface area contributed by atoms with Crippen LogP contribution in [0.1, 0.15) is 61.6 Å². The van der Waals surface area contributed by atoms with Gasteiger partial charge in [0.25, 0.3) is 0 Å². The molecule has 2 rings (SSSR count). The fourth-order valence-corrected chi connectivity index (χ4v) is 2.44. The number of rotatable bonds is 6. The highest BCUT2D eigenvalue weighted by Gasteiger charge is 2.18. The van der Waals surface area contributed by atoms with Crippen molar-refractivity contribution in [2.45, 2.75) is 45.4 Å². The quantitative estimate of drug-likeness (QED) is 0.836. The summed E-state index contributed by atoms with van der Waals surface area (Å²) in [4.78, 5) is 18.6. The molecule has 5 heteroatoms. The van der Waals surface area contributed by atoms with E-state index < -0.39 is 11.8 Å². The molecule has 0 saturated heterocycles. The number of carboxylic acids is 1. The van der Waals surface area contributed by atoms with Crippen molar-refractivity contribution >= 4 is 17.0 Å². The van der Waals surface area contributed by atoms with Crippen LogP contribution in [-0.2, 0) is 0 Å². The zero-order valence-corrected chi connectivity index (χ0v) is 11.7. The Bertz CT molecular complexity index is 622. The Hall–Kier alpha value is -1.91. The standard InChI is InChI=1S/C15H19FN2O2/c1-3-5-6-9(4-2)14-17-12-8-10(16)7-11(15(19)20)13(12)18-14/h7-9H,3-6H2,1-2H3,(H,17,18)(H,19,20). The van der Waals surface area contributed by atoms with Gasteiger partial charge < -0.3 is 10.1 Å². The first-order valence-corrected chi connectivity index (χ1v) is 6.99. The van der Waals surface area contributed by atoms with Crippen LogP contribution in [0.15, 0.2) is 12.1 Å². The number of hydrogen-bond donors (Lipinski definition) is 2. The summed E-state index contributed by atoms with van der Waals surface area (Å²) in [6.07, 6.45) is 4.11. The molecule has 0 aliphatic rings. The normalized spacial score (nSPS) is 12.8. The molecular formula is C15H19FN2O2. The Morgan fingerprint density at radius 2 is 2.20 bits per heavy atom. The van der Waals surface area contributed by atoms with Gasteiger partial charge in [-0.25, -0.2) is 14.2 Å². The van der Waals surface area contributed by atoms with Crippen molar-refractivity contribution in [3.63, 3.8) is 0 Å². The maximum absolute atomic E-state index is 13.4. The van der Waals surface area contributed by atoms with Crippen molar-refractivity contribution in [2.24, 2.45) is 0 Å². The summed E-state index contributed by atoms with van der Waals surface area (Å²) >= 11 is 0. The number of nitrogens with one attached hydrogen (secondary N) is 1. The minimum atomic E-state index is -1.16. The zero-order valence-electron chi connectivity index (χ0n) is 11.7. The molecular weight excluding hydrogens is 259 g/mol. The highest BCUT2D eigenvalue weighted by Crippen LogP contribution is 2.27. The molecule has 4 nitrogen and oxygen atoms in total. The molecule has 1 aromatic carbocycles. The molecule has 2 aromatic rings. The van der Waals surface area contributed by atoms with E-state index >= 15 is 0 Å². The number of nitrogens with zero attached hydrogens (tertiary/aromatic N) is 1. The second kappa shape index (κ2) is 6.03. The number of halogens is 1. The van der Waals surface area contributed by atoms with Crippen molar-refractivity contribution in [3.05, 3.63) is 29.3 Å². The van der Waals surface area contributed by atoms with Gasteiger partial charge in [0.2, 0.25) is 0 Å². The SMILES string of the molecule is CCCCC(CC)c1nc2c(C(=O)O)cc(F)cc2[nH]1. The van der Waals surface area contributed by atoms with Crippen molar-refractivity contribution in [3.8, 4) is 0 Å². The fourth-order valence-electron chi connectivity index (χ4n) is 2.44. The molecule has 0 amide bonds. The molecule has 0 radical (unpaired) electrons. The summed E-state index contributed by atoms with van der Waals surface area (Å²) in [5, 5.41) is 9.13. The molecule has 1 heterocycles. The van der Waals surface area contributed by atoms with Gasteiger partial charge in [-0.05, 0) is 25.0 Å². The molecule has 0 saturated carbocycles. The van der Waals surface area contributed by atoms with Gasteiger partial charge in [0.1, 0.15) is 17.2 Å². The van der Waals surface area contributed by atoms with E-state index in [2.05, 4.69) is 23.8 Å². The molecule has 20 heavy (non-hydrogen) atoms. The topological polar surface area (TPSA) is 66.0 Å². The molecule has 2 N–H and O–H groups in total. The van der Waals surface area contributed by atoms with Gasteiger partial charge in [-0.3, -0.25) is 0 Å². The molecule has 0 aliphatic heterocycles. The number of benzene rings is 1. The summed E-state index contributed by atoms with van der Waals surface area (Å²) in [6, 6.07) is 2.31. The summed E-state index contributed by atoms with van der Waals surface area (Å²) in [5.74, 6) is -0.711. The molecule has 0 bridgehead atoms. The summed E-state index contributed by atoms with van der Waals surface area (Å²) < 4.78 is 13.4. The predicted octanol–water partition coefficient (Wildman–Crippen LogP) is 4.08. The first kappa shape index (κ1) is 14.5. The lowest BCUT2D eigenvalue weighted by Crippen LogP contribution is -2.00. The maximum atomic E-state index is 13.4. The van der Waals surface area contributed by atoms with Crippen molar-refractivity contribution < 1.29 is 14.3 Å². The predicted molar refractivity (Wildman–Crippen MR) is 75.6 cm³/mol. The monoisotopic (exact) mass is 278 g/mol. The number of H-pyrrole nitrogens is 1. The Morgan fingerprint density at radius 1 is 1.45 bits per heavy atom. The van der Waals surface area contributed by atoms with Gasteiger partial charge in [0.05, 0.1) is 11.1 Å². The van der Waals surface area contributed by atoms with Gasteiger partial charge in [-0.15, -0.1) is 0 Å². The first-order valence-electron chi connectivity index (χ1n) is 6.99. The Balaban J connectivity index is 2.46. The van der Waals surface area contributed by atoms with Crippen LogP contribution in [0.5, 0.6) is 0 Å². The summed E-state index contributed by atoms with van der Waals surface area (Å²) in [5.41, 5.74) is 0.698. The highest BCUT2D eigenvalue weighted by atomic mass is 19.1. The van der Waals surface area contributed by atoms with Crippen LogP contribution < -0.4 is 0 Å². The lowest BCUT2D eigenvalue weighted by molar-refractivity contribution is 0.0698. The van der Waals surface area contributed by atoms with Crippen molar-refractivity contribution in [1.82, 2.24) is 9.97 Å². The van der Waals surface area contributed by atoms with E-state index in [1.54, 1.807) is 0 Å². The first-order chi connectivity index (χ1) is 9.56. The summed E-state index contributed by atoms with van der Waals surface area (Å²) in [6.45, 7) is 4.20. The van der Waals surface area contributed by atoms with E-state index in [1.165, 1.54) is 6.07 Å². The third kappa shape index (κ3) is 2.81. The number of aromatic amines is 1. The Kier molecular flexibility index (Phi) is 4.37. The van der Waals surface area contributed by atoms with Crippen LogP contribution in [0.4, 0.5) is 4.39 Å². The van der Waals surface area contributed by atoms with Crippen LogP contribution >= 0.6 is 0 Å². The van der Waals surface area contributed by atoms with Crippen LogP contribution in [0.2, 0.25) is 0 Å². The van der Waals surface area contributed by atoms with Crippen LogP contribution in [-0.4, -0.2) is 21.0 Å². The smallest absolute Gasteiger partial charge is 0.338 e. The molecule has 1 atom stereocenters. The highest BCUT2D eigenvalue weighted by molar-refractivity contribution is 6.01.